The molecule has 1 N–H and O–H groups in total. The molecule has 0 atom stereocenters. The Morgan fingerprint density at radius 2 is 1.85 bits per heavy atom. The second kappa shape index (κ2) is 5.61. The Morgan fingerprint density at radius 3 is 2.31 bits per heavy atom. The summed E-state index contributed by atoms with van der Waals surface area (Å²) in [5.74, 6) is 0.883. The first kappa shape index (κ1) is 11.0. The Hall–Kier alpha value is -0.0800. The SMILES string of the molecule is COC1CCC(CNC(C)C)CC1. The Kier molecular flexibility index (Phi) is 4.74. The highest BCUT2D eigenvalue weighted by atomic mass is 16.5. The van der Waals surface area contributed by atoms with Crippen molar-refractivity contribution in [3.63, 3.8) is 0 Å². The van der Waals surface area contributed by atoms with E-state index in [9.17, 15) is 0 Å². The number of rotatable bonds is 4. The lowest BCUT2D eigenvalue weighted by Crippen LogP contribution is -2.32. The third-order valence-electron chi connectivity index (χ3n) is 2.94. The lowest BCUT2D eigenvalue weighted by atomic mass is 9.87. The molecule has 0 aromatic heterocycles. The third kappa shape index (κ3) is 4.10. The zero-order valence-electron chi connectivity index (χ0n) is 9.18. The molecule has 78 valence electrons. The highest BCUT2D eigenvalue weighted by molar-refractivity contribution is 4.74. The monoisotopic (exact) mass is 185 g/mol. The van der Waals surface area contributed by atoms with Gasteiger partial charge in [-0.05, 0) is 38.1 Å². The summed E-state index contributed by atoms with van der Waals surface area (Å²) in [6.45, 7) is 5.61. The molecule has 1 aliphatic rings. The van der Waals surface area contributed by atoms with Crippen molar-refractivity contribution in [2.45, 2.75) is 51.7 Å². The molecule has 1 rings (SSSR count). The number of hydrogen-bond acceptors (Lipinski definition) is 2. The van der Waals surface area contributed by atoms with Crippen LogP contribution >= 0.6 is 0 Å². The van der Waals surface area contributed by atoms with E-state index in [1.807, 2.05) is 7.11 Å². The first-order valence-corrected chi connectivity index (χ1v) is 5.48. The van der Waals surface area contributed by atoms with Gasteiger partial charge < -0.3 is 10.1 Å². The van der Waals surface area contributed by atoms with Gasteiger partial charge >= 0.3 is 0 Å². The van der Waals surface area contributed by atoms with Crippen molar-refractivity contribution in [1.29, 1.82) is 0 Å². The van der Waals surface area contributed by atoms with Gasteiger partial charge in [-0.1, -0.05) is 13.8 Å². The van der Waals surface area contributed by atoms with E-state index in [-0.39, 0.29) is 0 Å². The normalized spacial score (nSPS) is 29.5. The predicted octanol–water partition coefficient (Wildman–Crippen LogP) is 2.19. The van der Waals surface area contributed by atoms with E-state index in [4.69, 9.17) is 4.74 Å². The Balaban J connectivity index is 2.10. The van der Waals surface area contributed by atoms with Crippen LogP contribution in [0.5, 0.6) is 0 Å². The van der Waals surface area contributed by atoms with Crippen LogP contribution in [0, 0.1) is 5.92 Å². The maximum atomic E-state index is 5.34. The lowest BCUT2D eigenvalue weighted by molar-refractivity contribution is 0.0565. The molecule has 0 radical (unpaired) electrons. The first-order chi connectivity index (χ1) is 6.22. The summed E-state index contributed by atoms with van der Waals surface area (Å²) in [7, 11) is 1.83. The average Bonchev–Trinajstić information content (AvgIpc) is 2.15. The summed E-state index contributed by atoms with van der Waals surface area (Å²) in [5.41, 5.74) is 0. The third-order valence-corrected chi connectivity index (χ3v) is 2.94. The molecule has 0 bridgehead atoms. The van der Waals surface area contributed by atoms with Gasteiger partial charge in [0.15, 0.2) is 0 Å². The first-order valence-electron chi connectivity index (χ1n) is 5.48. The molecule has 13 heavy (non-hydrogen) atoms. The number of ether oxygens (including phenoxy) is 1. The molecule has 0 aromatic rings. The van der Waals surface area contributed by atoms with Gasteiger partial charge in [0.1, 0.15) is 0 Å². The van der Waals surface area contributed by atoms with Crippen LogP contribution in [-0.4, -0.2) is 25.8 Å². The summed E-state index contributed by atoms with van der Waals surface area (Å²) >= 11 is 0. The molecule has 1 aliphatic carbocycles. The van der Waals surface area contributed by atoms with Crippen LogP contribution in [0.25, 0.3) is 0 Å². The molecule has 0 unspecified atom stereocenters. The summed E-state index contributed by atoms with van der Waals surface area (Å²) in [6, 6.07) is 0.625. The molecule has 1 fully saturated rings. The van der Waals surface area contributed by atoms with Crippen molar-refractivity contribution in [3.8, 4) is 0 Å². The standard InChI is InChI=1S/C11H23NO/c1-9(2)12-8-10-4-6-11(13-3)7-5-10/h9-12H,4-8H2,1-3H3. The van der Waals surface area contributed by atoms with Gasteiger partial charge in [0.25, 0.3) is 0 Å². The summed E-state index contributed by atoms with van der Waals surface area (Å²) < 4.78 is 5.34. The van der Waals surface area contributed by atoms with Crippen molar-refractivity contribution in [3.05, 3.63) is 0 Å². The van der Waals surface area contributed by atoms with E-state index >= 15 is 0 Å². The molecule has 1 saturated carbocycles. The Bertz CT molecular complexity index is 128. The van der Waals surface area contributed by atoms with Crippen LogP contribution in [0.3, 0.4) is 0 Å². The van der Waals surface area contributed by atoms with Crippen LogP contribution in [0.2, 0.25) is 0 Å². The molecular weight excluding hydrogens is 162 g/mol. The van der Waals surface area contributed by atoms with Gasteiger partial charge in [0, 0.05) is 13.2 Å². The fraction of sp³-hybridized carbons (Fsp3) is 1.00. The van der Waals surface area contributed by atoms with Gasteiger partial charge in [0.2, 0.25) is 0 Å². The van der Waals surface area contributed by atoms with E-state index in [0.717, 1.165) is 5.92 Å². The van der Waals surface area contributed by atoms with Crippen LogP contribution in [0.1, 0.15) is 39.5 Å². The van der Waals surface area contributed by atoms with Gasteiger partial charge in [-0.15, -0.1) is 0 Å². The quantitative estimate of drug-likeness (QED) is 0.725. The minimum Gasteiger partial charge on any atom is -0.381 e. The number of hydrogen-bond donors (Lipinski definition) is 1. The fourth-order valence-electron chi connectivity index (χ4n) is 1.97. The molecule has 2 nitrogen and oxygen atoms in total. The van der Waals surface area contributed by atoms with Crippen molar-refractivity contribution >= 4 is 0 Å². The zero-order valence-corrected chi connectivity index (χ0v) is 9.18. The molecule has 0 aliphatic heterocycles. The summed E-state index contributed by atoms with van der Waals surface area (Å²) in [6.07, 6.45) is 5.70. The summed E-state index contributed by atoms with van der Waals surface area (Å²) in [4.78, 5) is 0. The predicted molar refractivity (Wildman–Crippen MR) is 55.9 cm³/mol. The fourth-order valence-corrected chi connectivity index (χ4v) is 1.97. The molecule has 0 saturated heterocycles. The van der Waals surface area contributed by atoms with Gasteiger partial charge in [0.05, 0.1) is 6.10 Å². The van der Waals surface area contributed by atoms with Crippen LogP contribution < -0.4 is 5.32 Å². The molecule has 0 spiro atoms. The van der Waals surface area contributed by atoms with Crippen molar-refractivity contribution in [1.82, 2.24) is 5.32 Å². The van der Waals surface area contributed by atoms with Gasteiger partial charge in [-0.25, -0.2) is 0 Å². The molecule has 0 aromatic carbocycles. The zero-order chi connectivity index (χ0) is 9.68. The Morgan fingerprint density at radius 1 is 1.23 bits per heavy atom. The molecular formula is C11H23NO. The average molecular weight is 185 g/mol. The maximum absolute atomic E-state index is 5.34. The molecule has 0 amide bonds. The van der Waals surface area contributed by atoms with Crippen molar-refractivity contribution in [2.75, 3.05) is 13.7 Å². The van der Waals surface area contributed by atoms with E-state index in [2.05, 4.69) is 19.2 Å². The minimum atomic E-state index is 0.537. The van der Waals surface area contributed by atoms with Crippen molar-refractivity contribution < 1.29 is 4.74 Å². The number of nitrogens with one attached hydrogen (secondary N) is 1. The van der Waals surface area contributed by atoms with E-state index in [0.29, 0.717) is 12.1 Å². The van der Waals surface area contributed by atoms with E-state index in [1.54, 1.807) is 0 Å². The molecule has 0 heterocycles. The highest BCUT2D eigenvalue weighted by Gasteiger charge is 2.20. The topological polar surface area (TPSA) is 21.3 Å². The van der Waals surface area contributed by atoms with Crippen molar-refractivity contribution in [2.24, 2.45) is 5.92 Å². The lowest BCUT2D eigenvalue weighted by Gasteiger charge is -2.28. The smallest absolute Gasteiger partial charge is 0.0571 e. The minimum absolute atomic E-state index is 0.537. The van der Waals surface area contributed by atoms with Gasteiger partial charge in [-0.2, -0.15) is 0 Å². The van der Waals surface area contributed by atoms with Gasteiger partial charge in [-0.3, -0.25) is 0 Å². The number of methoxy groups -OCH3 is 1. The Labute approximate surface area is 82.0 Å². The second-order valence-corrected chi connectivity index (χ2v) is 4.44. The largest absolute Gasteiger partial charge is 0.381 e. The van der Waals surface area contributed by atoms with Crippen LogP contribution in [0.4, 0.5) is 0 Å². The second-order valence-electron chi connectivity index (χ2n) is 4.44. The van der Waals surface area contributed by atoms with E-state index < -0.39 is 0 Å². The van der Waals surface area contributed by atoms with Crippen LogP contribution in [0.15, 0.2) is 0 Å². The van der Waals surface area contributed by atoms with E-state index in [1.165, 1.54) is 32.2 Å². The van der Waals surface area contributed by atoms with Crippen LogP contribution in [-0.2, 0) is 4.74 Å². The highest BCUT2D eigenvalue weighted by Crippen LogP contribution is 2.25. The maximum Gasteiger partial charge on any atom is 0.0571 e. The summed E-state index contributed by atoms with van der Waals surface area (Å²) in [5, 5.41) is 3.51. The molecule has 2 heteroatoms.